The monoisotopic (exact) mass is 209 g/mol. The Morgan fingerprint density at radius 2 is 2.33 bits per heavy atom. The molecule has 0 aliphatic heterocycles. The molecule has 0 spiro atoms. The van der Waals surface area contributed by atoms with Gasteiger partial charge in [-0.1, -0.05) is 13.0 Å². The molecule has 0 unspecified atom stereocenters. The third-order valence-electron chi connectivity index (χ3n) is 2.06. The molecule has 0 atom stereocenters. The summed E-state index contributed by atoms with van der Waals surface area (Å²) in [7, 11) is 1.69. The van der Waals surface area contributed by atoms with Crippen LogP contribution >= 0.6 is 0 Å². The molecule has 2 N–H and O–H groups in total. The van der Waals surface area contributed by atoms with Gasteiger partial charge in [0, 0.05) is 32.0 Å². The summed E-state index contributed by atoms with van der Waals surface area (Å²) in [5, 5.41) is 6.53. The summed E-state index contributed by atoms with van der Waals surface area (Å²) >= 11 is 0. The molecule has 0 radical (unpaired) electrons. The minimum Gasteiger partial charge on any atom is -0.383 e. The zero-order valence-electron chi connectivity index (χ0n) is 9.42. The van der Waals surface area contributed by atoms with Crippen LogP contribution in [0, 0.1) is 0 Å². The maximum Gasteiger partial charge on any atom is 0.130 e. The second-order valence-electron chi connectivity index (χ2n) is 3.21. The van der Waals surface area contributed by atoms with E-state index < -0.39 is 0 Å². The van der Waals surface area contributed by atoms with Gasteiger partial charge in [-0.3, -0.25) is 0 Å². The number of hydrogen-bond donors (Lipinski definition) is 2. The molecule has 0 saturated carbocycles. The zero-order valence-corrected chi connectivity index (χ0v) is 9.42. The zero-order chi connectivity index (χ0) is 10.9. The third kappa shape index (κ3) is 4.27. The maximum absolute atomic E-state index is 4.98. The van der Waals surface area contributed by atoms with Crippen LogP contribution in [0.3, 0.4) is 0 Å². The normalized spacial score (nSPS) is 10.3. The van der Waals surface area contributed by atoms with E-state index in [1.54, 1.807) is 13.3 Å². The topological polar surface area (TPSA) is 46.2 Å². The fourth-order valence-electron chi connectivity index (χ4n) is 1.27. The molecule has 0 fully saturated rings. The van der Waals surface area contributed by atoms with Crippen molar-refractivity contribution in [2.75, 3.05) is 32.1 Å². The number of methoxy groups -OCH3 is 1. The minimum atomic E-state index is 0.692. The van der Waals surface area contributed by atoms with Crippen LogP contribution in [0.15, 0.2) is 18.3 Å². The lowest BCUT2D eigenvalue weighted by molar-refractivity contribution is 0.210. The molecule has 15 heavy (non-hydrogen) atoms. The van der Waals surface area contributed by atoms with E-state index in [9.17, 15) is 0 Å². The van der Waals surface area contributed by atoms with Crippen molar-refractivity contribution >= 4 is 5.82 Å². The molecule has 0 saturated heterocycles. The first-order valence-electron chi connectivity index (χ1n) is 5.26. The predicted octanol–water partition coefficient (Wildman–Crippen LogP) is 1.25. The summed E-state index contributed by atoms with van der Waals surface area (Å²) in [6, 6.07) is 4.03. The van der Waals surface area contributed by atoms with Crippen LogP contribution in [0.1, 0.15) is 12.5 Å². The van der Waals surface area contributed by atoms with Crippen molar-refractivity contribution in [2.24, 2.45) is 0 Å². The minimum absolute atomic E-state index is 0.692. The van der Waals surface area contributed by atoms with Crippen LogP contribution in [0.2, 0.25) is 0 Å². The molecule has 1 heterocycles. The molecular formula is C11H19N3O. The molecule has 0 aliphatic rings. The van der Waals surface area contributed by atoms with Gasteiger partial charge in [0.25, 0.3) is 0 Å². The van der Waals surface area contributed by atoms with Crippen LogP contribution in [0.4, 0.5) is 5.82 Å². The highest BCUT2D eigenvalue weighted by molar-refractivity contribution is 5.43. The van der Waals surface area contributed by atoms with Gasteiger partial charge in [0.05, 0.1) is 6.61 Å². The van der Waals surface area contributed by atoms with Crippen LogP contribution in [-0.4, -0.2) is 31.8 Å². The summed E-state index contributed by atoms with van der Waals surface area (Å²) in [4.78, 5) is 4.30. The number of nitrogens with zero attached hydrogens (tertiary/aromatic N) is 1. The van der Waals surface area contributed by atoms with E-state index >= 15 is 0 Å². The van der Waals surface area contributed by atoms with Crippen molar-refractivity contribution in [3.8, 4) is 0 Å². The fourth-order valence-corrected chi connectivity index (χ4v) is 1.27. The number of ether oxygens (including phenoxy) is 1. The lowest BCUT2D eigenvalue weighted by atomic mass is 10.2. The molecule has 0 bridgehead atoms. The van der Waals surface area contributed by atoms with Gasteiger partial charge in [-0.25, -0.2) is 4.98 Å². The average Bonchev–Trinajstić information content (AvgIpc) is 2.28. The quantitative estimate of drug-likeness (QED) is 0.663. The fraction of sp³-hybridized carbons (Fsp3) is 0.545. The van der Waals surface area contributed by atoms with Gasteiger partial charge < -0.3 is 15.4 Å². The lowest BCUT2D eigenvalue weighted by Crippen LogP contribution is -2.16. The van der Waals surface area contributed by atoms with Crippen LogP contribution in [0.5, 0.6) is 0 Å². The number of hydrogen-bond acceptors (Lipinski definition) is 4. The number of anilines is 1. The largest absolute Gasteiger partial charge is 0.383 e. The molecule has 0 aliphatic carbocycles. The Morgan fingerprint density at radius 3 is 3.07 bits per heavy atom. The summed E-state index contributed by atoms with van der Waals surface area (Å²) < 4.78 is 4.98. The standard InChI is InChI=1S/C11H19N3O/c1-3-12-9-10-5-4-6-13-11(10)14-7-8-15-2/h4-6,12H,3,7-9H2,1-2H3,(H,13,14). The molecule has 1 aromatic heterocycles. The van der Waals surface area contributed by atoms with Crippen LogP contribution in [-0.2, 0) is 11.3 Å². The molecule has 4 heteroatoms. The van der Waals surface area contributed by atoms with Gasteiger partial charge in [0.15, 0.2) is 0 Å². The van der Waals surface area contributed by atoms with Crippen molar-refractivity contribution in [3.63, 3.8) is 0 Å². The van der Waals surface area contributed by atoms with Gasteiger partial charge in [0.1, 0.15) is 5.82 Å². The van der Waals surface area contributed by atoms with Crippen LogP contribution in [0.25, 0.3) is 0 Å². The Balaban J connectivity index is 2.52. The Morgan fingerprint density at radius 1 is 1.47 bits per heavy atom. The number of pyridine rings is 1. The van der Waals surface area contributed by atoms with Gasteiger partial charge in [0.2, 0.25) is 0 Å². The van der Waals surface area contributed by atoms with Gasteiger partial charge in [-0.15, -0.1) is 0 Å². The average molecular weight is 209 g/mol. The van der Waals surface area contributed by atoms with Crippen molar-refractivity contribution in [1.82, 2.24) is 10.3 Å². The summed E-state index contributed by atoms with van der Waals surface area (Å²) in [5.41, 5.74) is 1.19. The smallest absolute Gasteiger partial charge is 0.130 e. The Kier molecular flexibility index (Phi) is 5.73. The maximum atomic E-state index is 4.98. The number of aromatic nitrogens is 1. The van der Waals surface area contributed by atoms with E-state index in [-0.39, 0.29) is 0 Å². The van der Waals surface area contributed by atoms with Crippen LogP contribution < -0.4 is 10.6 Å². The Bertz CT molecular complexity index is 278. The molecular weight excluding hydrogens is 190 g/mol. The van der Waals surface area contributed by atoms with Gasteiger partial charge >= 0.3 is 0 Å². The molecule has 84 valence electrons. The van der Waals surface area contributed by atoms with E-state index in [1.807, 2.05) is 6.07 Å². The highest BCUT2D eigenvalue weighted by Crippen LogP contribution is 2.10. The van der Waals surface area contributed by atoms with Crippen molar-refractivity contribution in [2.45, 2.75) is 13.5 Å². The van der Waals surface area contributed by atoms with E-state index in [4.69, 9.17) is 4.74 Å². The molecule has 0 amide bonds. The predicted molar refractivity (Wildman–Crippen MR) is 62.0 cm³/mol. The third-order valence-corrected chi connectivity index (χ3v) is 2.06. The highest BCUT2D eigenvalue weighted by atomic mass is 16.5. The SMILES string of the molecule is CCNCc1cccnc1NCCOC. The first-order chi connectivity index (χ1) is 7.38. The van der Waals surface area contributed by atoms with Gasteiger partial charge in [-0.2, -0.15) is 0 Å². The Labute approximate surface area is 91.1 Å². The van der Waals surface area contributed by atoms with Crippen molar-refractivity contribution < 1.29 is 4.74 Å². The molecule has 0 aromatic carbocycles. The first-order valence-corrected chi connectivity index (χ1v) is 5.26. The molecule has 1 aromatic rings. The van der Waals surface area contributed by atoms with Crippen molar-refractivity contribution in [3.05, 3.63) is 23.9 Å². The number of rotatable bonds is 7. The van der Waals surface area contributed by atoms with E-state index in [0.29, 0.717) is 6.61 Å². The van der Waals surface area contributed by atoms with E-state index in [1.165, 1.54) is 5.56 Å². The first kappa shape index (κ1) is 11.9. The summed E-state index contributed by atoms with van der Waals surface area (Å²) in [6.45, 7) is 5.38. The van der Waals surface area contributed by atoms with E-state index in [0.717, 1.165) is 25.5 Å². The second kappa shape index (κ2) is 7.20. The second-order valence-corrected chi connectivity index (χ2v) is 3.21. The number of nitrogens with one attached hydrogen (secondary N) is 2. The van der Waals surface area contributed by atoms with Gasteiger partial charge in [-0.05, 0) is 12.6 Å². The Hall–Kier alpha value is -1.13. The summed E-state index contributed by atoms with van der Waals surface area (Å²) in [6.07, 6.45) is 1.80. The van der Waals surface area contributed by atoms with Crippen molar-refractivity contribution in [1.29, 1.82) is 0 Å². The lowest BCUT2D eigenvalue weighted by Gasteiger charge is -2.10. The summed E-state index contributed by atoms with van der Waals surface area (Å²) in [5.74, 6) is 0.940. The highest BCUT2D eigenvalue weighted by Gasteiger charge is 2.00. The van der Waals surface area contributed by atoms with E-state index in [2.05, 4.69) is 28.6 Å². The molecule has 1 rings (SSSR count). The molecule has 4 nitrogen and oxygen atoms in total.